The zero-order chi connectivity index (χ0) is 27.0. The average Bonchev–Trinajstić information content (AvgIpc) is 2.76. The molecule has 4 atom stereocenters. The van der Waals surface area contributed by atoms with Crippen LogP contribution in [0.3, 0.4) is 0 Å². The quantitative estimate of drug-likeness (QED) is 0.0913. The standard InChI is InChI=1S/C22H43N7O6/c1-13(2)11-14(25)19(31)27-15(7-3-5-9-23)20(32)28-16(8-4-6-10-24)21(33)29-17(22(34)35)12-18(26)30/h13-17H,3-12,23-25H2,1-2H3,(H2,26,30)(H,27,31)(H,28,32)(H,29,33)(H,34,35). The number of rotatable bonds is 19. The summed E-state index contributed by atoms with van der Waals surface area (Å²) in [4.78, 5) is 61.0. The number of primary amides is 1. The van der Waals surface area contributed by atoms with Crippen LogP contribution in [-0.2, 0) is 24.0 Å². The van der Waals surface area contributed by atoms with E-state index in [1.54, 1.807) is 0 Å². The van der Waals surface area contributed by atoms with E-state index in [9.17, 15) is 29.1 Å². The van der Waals surface area contributed by atoms with E-state index < -0.39 is 60.2 Å². The number of amides is 4. The lowest BCUT2D eigenvalue weighted by Gasteiger charge is -2.25. The molecule has 13 heteroatoms. The molecule has 35 heavy (non-hydrogen) atoms. The molecule has 202 valence electrons. The van der Waals surface area contributed by atoms with Crippen LogP contribution in [0.2, 0.25) is 0 Å². The van der Waals surface area contributed by atoms with Gasteiger partial charge in [0.25, 0.3) is 0 Å². The van der Waals surface area contributed by atoms with Gasteiger partial charge in [0.2, 0.25) is 23.6 Å². The first-order valence-corrected chi connectivity index (χ1v) is 12.0. The number of hydrogen-bond acceptors (Lipinski definition) is 8. The first-order chi connectivity index (χ1) is 16.4. The van der Waals surface area contributed by atoms with Gasteiger partial charge in [-0.3, -0.25) is 19.2 Å². The lowest BCUT2D eigenvalue weighted by molar-refractivity contribution is -0.143. The molecule has 0 rings (SSSR count). The summed E-state index contributed by atoms with van der Waals surface area (Å²) in [6.07, 6.45) is 2.52. The van der Waals surface area contributed by atoms with Crippen LogP contribution in [0.1, 0.15) is 65.2 Å². The van der Waals surface area contributed by atoms with Crippen molar-refractivity contribution in [2.75, 3.05) is 13.1 Å². The largest absolute Gasteiger partial charge is 0.480 e. The second kappa shape index (κ2) is 17.6. The number of aliphatic carboxylic acids is 1. The molecule has 0 aliphatic carbocycles. The minimum Gasteiger partial charge on any atom is -0.480 e. The Hall–Kier alpha value is -2.77. The third-order valence-corrected chi connectivity index (χ3v) is 5.24. The van der Waals surface area contributed by atoms with Gasteiger partial charge in [0.15, 0.2) is 0 Å². The lowest BCUT2D eigenvalue weighted by atomic mass is 10.0. The molecular formula is C22H43N7O6. The summed E-state index contributed by atoms with van der Waals surface area (Å²) in [5, 5.41) is 16.8. The number of hydrogen-bond donors (Lipinski definition) is 8. The van der Waals surface area contributed by atoms with Crippen LogP contribution < -0.4 is 38.9 Å². The molecule has 0 aliphatic rings. The molecular weight excluding hydrogens is 458 g/mol. The van der Waals surface area contributed by atoms with Gasteiger partial charge in [-0.15, -0.1) is 0 Å². The summed E-state index contributed by atoms with van der Waals surface area (Å²) in [5.41, 5.74) is 22.1. The van der Waals surface area contributed by atoms with Gasteiger partial charge in [-0.1, -0.05) is 13.8 Å². The molecule has 0 fully saturated rings. The zero-order valence-corrected chi connectivity index (χ0v) is 20.8. The zero-order valence-electron chi connectivity index (χ0n) is 20.8. The number of nitrogens with two attached hydrogens (primary N) is 4. The molecule has 12 N–H and O–H groups in total. The van der Waals surface area contributed by atoms with E-state index in [2.05, 4.69) is 16.0 Å². The molecule has 0 saturated heterocycles. The first-order valence-electron chi connectivity index (χ1n) is 12.0. The number of nitrogens with one attached hydrogen (secondary N) is 3. The highest BCUT2D eigenvalue weighted by Gasteiger charge is 2.30. The Morgan fingerprint density at radius 2 is 1.17 bits per heavy atom. The highest BCUT2D eigenvalue weighted by Crippen LogP contribution is 2.08. The van der Waals surface area contributed by atoms with Gasteiger partial charge < -0.3 is 44.0 Å². The van der Waals surface area contributed by atoms with Crippen molar-refractivity contribution in [1.29, 1.82) is 0 Å². The smallest absolute Gasteiger partial charge is 0.326 e. The second-order valence-electron chi connectivity index (χ2n) is 9.00. The van der Waals surface area contributed by atoms with E-state index in [0.717, 1.165) is 0 Å². The Morgan fingerprint density at radius 1 is 0.743 bits per heavy atom. The maximum absolute atomic E-state index is 13.1. The number of carbonyl (C=O) groups excluding carboxylic acids is 4. The van der Waals surface area contributed by atoms with Gasteiger partial charge in [0.05, 0.1) is 12.5 Å². The third kappa shape index (κ3) is 14.3. The third-order valence-electron chi connectivity index (χ3n) is 5.24. The summed E-state index contributed by atoms with van der Waals surface area (Å²) >= 11 is 0. The molecule has 0 bridgehead atoms. The number of carboxylic acid groups (broad SMARTS) is 1. The molecule has 0 spiro atoms. The van der Waals surface area contributed by atoms with Gasteiger partial charge in [0.1, 0.15) is 18.1 Å². The molecule has 0 aromatic carbocycles. The van der Waals surface area contributed by atoms with Gasteiger partial charge in [-0.2, -0.15) is 0 Å². The number of unbranched alkanes of at least 4 members (excludes halogenated alkanes) is 2. The molecule has 0 saturated carbocycles. The number of carboxylic acids is 1. The van der Waals surface area contributed by atoms with Crippen LogP contribution in [0.15, 0.2) is 0 Å². The lowest BCUT2D eigenvalue weighted by Crippen LogP contribution is -2.57. The monoisotopic (exact) mass is 501 g/mol. The Balaban J connectivity index is 5.53. The molecule has 0 aliphatic heterocycles. The normalized spacial score (nSPS) is 14.5. The predicted molar refractivity (Wildman–Crippen MR) is 130 cm³/mol. The molecule has 13 nitrogen and oxygen atoms in total. The maximum Gasteiger partial charge on any atom is 0.326 e. The molecule has 0 aromatic heterocycles. The Kier molecular flexibility index (Phi) is 16.2. The Labute approximate surface area is 206 Å². The van der Waals surface area contributed by atoms with E-state index in [1.165, 1.54) is 0 Å². The summed E-state index contributed by atoms with van der Waals surface area (Å²) in [6.45, 7) is 4.63. The highest BCUT2D eigenvalue weighted by atomic mass is 16.4. The SMILES string of the molecule is CC(C)CC(N)C(=O)NC(CCCCN)C(=O)NC(CCCCN)C(=O)NC(CC(N)=O)C(=O)O. The Bertz CT molecular complexity index is 704. The summed E-state index contributed by atoms with van der Waals surface area (Å²) < 4.78 is 0. The van der Waals surface area contributed by atoms with Crippen molar-refractivity contribution in [3.05, 3.63) is 0 Å². The fraction of sp³-hybridized carbons (Fsp3) is 0.773. The van der Waals surface area contributed by atoms with Crippen LogP contribution in [0, 0.1) is 5.92 Å². The van der Waals surface area contributed by atoms with Gasteiger partial charge in [-0.05, 0) is 64.0 Å². The minimum atomic E-state index is -1.54. The fourth-order valence-electron chi connectivity index (χ4n) is 3.36. The van der Waals surface area contributed by atoms with E-state index in [4.69, 9.17) is 22.9 Å². The molecule has 4 amide bonds. The van der Waals surface area contributed by atoms with Crippen molar-refractivity contribution >= 4 is 29.6 Å². The molecule has 0 heterocycles. The van der Waals surface area contributed by atoms with Crippen LogP contribution >= 0.6 is 0 Å². The topological polar surface area (TPSA) is 246 Å². The summed E-state index contributed by atoms with van der Waals surface area (Å²) in [6, 6.07) is -4.41. The predicted octanol–water partition coefficient (Wildman–Crippen LogP) is -1.97. The van der Waals surface area contributed by atoms with E-state index in [1.807, 2.05) is 13.8 Å². The van der Waals surface area contributed by atoms with E-state index in [-0.39, 0.29) is 18.8 Å². The molecule has 4 unspecified atom stereocenters. The van der Waals surface area contributed by atoms with Gasteiger partial charge in [0, 0.05) is 0 Å². The first kappa shape index (κ1) is 32.2. The minimum absolute atomic E-state index is 0.175. The van der Waals surface area contributed by atoms with E-state index >= 15 is 0 Å². The maximum atomic E-state index is 13.1. The van der Waals surface area contributed by atoms with Crippen molar-refractivity contribution < 1.29 is 29.1 Å². The van der Waals surface area contributed by atoms with Crippen molar-refractivity contribution in [2.45, 2.75) is 89.4 Å². The Morgan fingerprint density at radius 3 is 1.54 bits per heavy atom. The second-order valence-corrected chi connectivity index (χ2v) is 9.00. The highest BCUT2D eigenvalue weighted by molar-refractivity contribution is 5.94. The van der Waals surface area contributed by atoms with Gasteiger partial charge in [-0.25, -0.2) is 4.79 Å². The van der Waals surface area contributed by atoms with Crippen LogP contribution in [0.4, 0.5) is 0 Å². The van der Waals surface area contributed by atoms with Gasteiger partial charge >= 0.3 is 5.97 Å². The molecule has 0 aromatic rings. The summed E-state index contributed by atoms with van der Waals surface area (Å²) in [7, 11) is 0. The number of carbonyl (C=O) groups is 5. The molecule has 0 radical (unpaired) electrons. The van der Waals surface area contributed by atoms with E-state index in [0.29, 0.717) is 45.2 Å². The fourth-order valence-corrected chi connectivity index (χ4v) is 3.36. The van der Waals surface area contributed by atoms with Crippen LogP contribution in [0.5, 0.6) is 0 Å². The van der Waals surface area contributed by atoms with Crippen molar-refractivity contribution in [3.8, 4) is 0 Å². The average molecular weight is 502 g/mol. The van der Waals surface area contributed by atoms with Crippen molar-refractivity contribution in [3.63, 3.8) is 0 Å². The van der Waals surface area contributed by atoms with Crippen molar-refractivity contribution in [1.82, 2.24) is 16.0 Å². The summed E-state index contributed by atoms with van der Waals surface area (Å²) in [5.74, 6) is -4.03. The van der Waals surface area contributed by atoms with Crippen molar-refractivity contribution in [2.24, 2.45) is 28.9 Å². The van der Waals surface area contributed by atoms with Crippen LogP contribution in [0.25, 0.3) is 0 Å². The van der Waals surface area contributed by atoms with Crippen LogP contribution in [-0.4, -0.2) is 72.0 Å².